The van der Waals surface area contributed by atoms with Crippen LogP contribution in [0.4, 0.5) is 0 Å². The summed E-state index contributed by atoms with van der Waals surface area (Å²) in [6.45, 7) is 7.89. The molecular weight excluding hydrogens is 250 g/mol. The van der Waals surface area contributed by atoms with Crippen molar-refractivity contribution in [3.63, 3.8) is 0 Å². The second kappa shape index (κ2) is 6.78. The molecule has 1 aromatic carbocycles. The first-order valence-electron chi connectivity index (χ1n) is 7.55. The molecule has 0 radical (unpaired) electrons. The van der Waals surface area contributed by atoms with Crippen LogP contribution in [-0.2, 0) is 4.79 Å². The van der Waals surface area contributed by atoms with Gasteiger partial charge in [0, 0.05) is 32.4 Å². The monoisotopic (exact) mass is 275 g/mol. The van der Waals surface area contributed by atoms with Gasteiger partial charge in [-0.1, -0.05) is 31.5 Å². The minimum atomic E-state index is 0.237. The summed E-state index contributed by atoms with van der Waals surface area (Å²) in [4.78, 5) is 14.0. The number of ether oxygens (including phenoxy) is 1. The smallest absolute Gasteiger partial charge is 0.222 e. The zero-order chi connectivity index (χ0) is 14.5. The van der Waals surface area contributed by atoms with Crippen LogP contribution >= 0.6 is 0 Å². The maximum Gasteiger partial charge on any atom is 0.222 e. The van der Waals surface area contributed by atoms with Crippen LogP contribution in [0.3, 0.4) is 0 Å². The first-order valence-corrected chi connectivity index (χ1v) is 7.55. The second-order valence-electron chi connectivity index (χ2n) is 6.11. The maximum atomic E-state index is 12.0. The SMILES string of the molecule is Cc1ccc(OC2CCN(C(=O)CC(C)C)CC2)cc1. The number of hydrogen-bond donors (Lipinski definition) is 0. The average Bonchev–Trinajstić information content (AvgIpc) is 2.41. The minimum Gasteiger partial charge on any atom is -0.490 e. The Hall–Kier alpha value is -1.51. The molecule has 0 saturated carbocycles. The van der Waals surface area contributed by atoms with E-state index in [-0.39, 0.29) is 12.0 Å². The van der Waals surface area contributed by atoms with Crippen molar-refractivity contribution in [2.75, 3.05) is 13.1 Å². The second-order valence-corrected chi connectivity index (χ2v) is 6.11. The highest BCUT2D eigenvalue weighted by molar-refractivity contribution is 5.76. The lowest BCUT2D eigenvalue weighted by molar-refractivity contribution is -0.133. The molecule has 0 N–H and O–H groups in total. The van der Waals surface area contributed by atoms with Crippen molar-refractivity contribution in [3.05, 3.63) is 29.8 Å². The Bertz CT molecular complexity index is 431. The number of carbonyl (C=O) groups is 1. The van der Waals surface area contributed by atoms with E-state index in [1.165, 1.54) is 5.56 Å². The Morgan fingerprint density at radius 1 is 1.25 bits per heavy atom. The van der Waals surface area contributed by atoms with Crippen LogP contribution in [0.15, 0.2) is 24.3 Å². The third-order valence-corrected chi connectivity index (χ3v) is 3.70. The topological polar surface area (TPSA) is 29.5 Å². The zero-order valence-electron chi connectivity index (χ0n) is 12.8. The van der Waals surface area contributed by atoms with Gasteiger partial charge < -0.3 is 9.64 Å². The van der Waals surface area contributed by atoms with Gasteiger partial charge in [0.05, 0.1) is 0 Å². The van der Waals surface area contributed by atoms with Gasteiger partial charge in [-0.2, -0.15) is 0 Å². The molecule has 1 fully saturated rings. The number of likely N-dealkylation sites (tertiary alicyclic amines) is 1. The summed E-state index contributed by atoms with van der Waals surface area (Å²) >= 11 is 0. The molecule has 1 heterocycles. The van der Waals surface area contributed by atoms with Crippen LogP contribution in [0.1, 0.15) is 38.7 Å². The predicted octanol–water partition coefficient (Wildman–Crippen LogP) is 3.41. The minimum absolute atomic E-state index is 0.237. The number of carbonyl (C=O) groups excluding carboxylic acids is 1. The first-order chi connectivity index (χ1) is 9.54. The van der Waals surface area contributed by atoms with Crippen LogP contribution in [0, 0.1) is 12.8 Å². The summed E-state index contributed by atoms with van der Waals surface area (Å²) in [6.07, 6.45) is 2.75. The standard InChI is InChI=1S/C17H25NO2/c1-13(2)12-17(19)18-10-8-16(9-11-18)20-15-6-4-14(3)5-7-15/h4-7,13,16H,8-12H2,1-3H3. The van der Waals surface area contributed by atoms with E-state index in [9.17, 15) is 4.79 Å². The molecule has 3 heteroatoms. The van der Waals surface area contributed by atoms with E-state index in [1.807, 2.05) is 17.0 Å². The van der Waals surface area contributed by atoms with Crippen LogP contribution in [0.25, 0.3) is 0 Å². The van der Waals surface area contributed by atoms with E-state index in [1.54, 1.807) is 0 Å². The summed E-state index contributed by atoms with van der Waals surface area (Å²) in [5.41, 5.74) is 1.24. The summed E-state index contributed by atoms with van der Waals surface area (Å²) in [5, 5.41) is 0. The van der Waals surface area contributed by atoms with Crippen molar-refractivity contribution < 1.29 is 9.53 Å². The third kappa shape index (κ3) is 4.26. The highest BCUT2D eigenvalue weighted by Crippen LogP contribution is 2.20. The molecule has 0 aromatic heterocycles. The van der Waals surface area contributed by atoms with Gasteiger partial charge >= 0.3 is 0 Å². The molecule has 1 amide bonds. The van der Waals surface area contributed by atoms with E-state index in [4.69, 9.17) is 4.74 Å². The van der Waals surface area contributed by atoms with Crippen molar-refractivity contribution in [2.45, 2.75) is 46.1 Å². The van der Waals surface area contributed by atoms with E-state index < -0.39 is 0 Å². The van der Waals surface area contributed by atoms with Crippen molar-refractivity contribution in [2.24, 2.45) is 5.92 Å². The van der Waals surface area contributed by atoms with E-state index >= 15 is 0 Å². The van der Waals surface area contributed by atoms with Gasteiger partial charge in [-0.3, -0.25) is 4.79 Å². The largest absolute Gasteiger partial charge is 0.490 e. The van der Waals surface area contributed by atoms with Gasteiger partial charge in [0.1, 0.15) is 11.9 Å². The Kier molecular flexibility index (Phi) is 5.05. The van der Waals surface area contributed by atoms with Gasteiger partial charge in [0.15, 0.2) is 0 Å². The Morgan fingerprint density at radius 3 is 2.40 bits per heavy atom. The van der Waals surface area contributed by atoms with Crippen molar-refractivity contribution >= 4 is 5.91 Å². The summed E-state index contributed by atoms with van der Waals surface area (Å²) in [7, 11) is 0. The average molecular weight is 275 g/mol. The molecule has 110 valence electrons. The molecular formula is C17H25NO2. The first kappa shape index (κ1) is 14.9. The molecule has 0 spiro atoms. The number of amides is 1. The summed E-state index contributed by atoms with van der Waals surface area (Å²) in [6, 6.07) is 8.17. The lowest BCUT2D eigenvalue weighted by Gasteiger charge is -2.32. The number of hydrogen-bond acceptors (Lipinski definition) is 2. The van der Waals surface area contributed by atoms with Crippen molar-refractivity contribution in [3.8, 4) is 5.75 Å². The molecule has 0 atom stereocenters. The fraction of sp³-hybridized carbons (Fsp3) is 0.588. The van der Waals surface area contributed by atoms with Crippen LogP contribution in [0.2, 0.25) is 0 Å². The molecule has 1 aliphatic heterocycles. The summed E-state index contributed by atoms with van der Waals surface area (Å²) < 4.78 is 5.98. The van der Waals surface area contributed by atoms with E-state index in [0.717, 1.165) is 31.7 Å². The van der Waals surface area contributed by atoms with Gasteiger partial charge in [0.25, 0.3) is 0 Å². The van der Waals surface area contributed by atoms with Crippen LogP contribution in [0.5, 0.6) is 5.75 Å². The molecule has 20 heavy (non-hydrogen) atoms. The van der Waals surface area contributed by atoms with Crippen molar-refractivity contribution in [1.82, 2.24) is 4.90 Å². The number of piperidine rings is 1. The maximum absolute atomic E-state index is 12.0. The summed E-state index contributed by atoms with van der Waals surface area (Å²) in [5.74, 6) is 1.65. The molecule has 0 aliphatic carbocycles. The van der Waals surface area contributed by atoms with Gasteiger partial charge in [-0.25, -0.2) is 0 Å². The van der Waals surface area contributed by atoms with Gasteiger partial charge in [-0.15, -0.1) is 0 Å². The Morgan fingerprint density at radius 2 is 1.85 bits per heavy atom. The van der Waals surface area contributed by atoms with E-state index in [0.29, 0.717) is 12.3 Å². The van der Waals surface area contributed by atoms with Gasteiger partial charge in [-0.05, 0) is 25.0 Å². The van der Waals surface area contributed by atoms with Crippen molar-refractivity contribution in [1.29, 1.82) is 0 Å². The highest BCUT2D eigenvalue weighted by Gasteiger charge is 2.24. The lowest BCUT2D eigenvalue weighted by atomic mass is 10.0. The quantitative estimate of drug-likeness (QED) is 0.842. The molecule has 1 saturated heterocycles. The van der Waals surface area contributed by atoms with Crippen LogP contribution in [-0.4, -0.2) is 30.0 Å². The molecule has 1 aromatic rings. The van der Waals surface area contributed by atoms with Gasteiger partial charge in [0.2, 0.25) is 5.91 Å². The highest BCUT2D eigenvalue weighted by atomic mass is 16.5. The normalized spacial score (nSPS) is 16.5. The third-order valence-electron chi connectivity index (χ3n) is 3.70. The molecule has 1 aliphatic rings. The molecule has 3 nitrogen and oxygen atoms in total. The molecule has 2 rings (SSSR count). The number of nitrogens with zero attached hydrogens (tertiary/aromatic N) is 1. The number of aryl methyl sites for hydroxylation is 1. The fourth-order valence-corrected chi connectivity index (χ4v) is 2.51. The predicted molar refractivity (Wildman–Crippen MR) is 80.9 cm³/mol. The molecule has 0 unspecified atom stereocenters. The zero-order valence-corrected chi connectivity index (χ0v) is 12.8. The fourth-order valence-electron chi connectivity index (χ4n) is 2.51. The molecule has 0 bridgehead atoms. The Balaban J connectivity index is 1.79. The van der Waals surface area contributed by atoms with Crippen LogP contribution < -0.4 is 4.74 Å². The number of benzene rings is 1. The number of rotatable bonds is 4. The Labute approximate surface area is 121 Å². The lowest BCUT2D eigenvalue weighted by Crippen LogP contribution is -2.42. The van der Waals surface area contributed by atoms with E-state index in [2.05, 4.69) is 32.9 Å².